The molecule has 1 amide bonds. The van der Waals surface area contributed by atoms with E-state index in [0.717, 1.165) is 19.4 Å². The van der Waals surface area contributed by atoms with Crippen LogP contribution >= 0.6 is 0 Å². The molecule has 0 saturated carbocycles. The molecule has 1 rings (SSSR count). The Labute approximate surface area is 100 Å². The van der Waals surface area contributed by atoms with Crippen molar-refractivity contribution in [2.45, 2.75) is 32.7 Å². The van der Waals surface area contributed by atoms with Gasteiger partial charge in [-0.2, -0.15) is 0 Å². The van der Waals surface area contributed by atoms with Crippen LogP contribution in [-0.2, 0) is 15.6 Å². The molecule has 0 aromatic heterocycles. The van der Waals surface area contributed by atoms with Gasteiger partial charge in [-0.05, 0) is 18.8 Å². The van der Waals surface area contributed by atoms with Gasteiger partial charge in [0.15, 0.2) is 0 Å². The van der Waals surface area contributed by atoms with Crippen LogP contribution in [0.5, 0.6) is 0 Å². The minimum atomic E-state index is -0.753. The molecule has 0 bridgehead atoms. The maximum absolute atomic E-state index is 11.9. The quantitative estimate of drug-likeness (QED) is 0.745. The Kier molecular flexibility index (Phi) is 5.41. The summed E-state index contributed by atoms with van der Waals surface area (Å²) >= 11 is 0. The number of carbonyl (C=O) groups is 1. The summed E-state index contributed by atoms with van der Waals surface area (Å²) in [6, 6.07) is -0.00729. The van der Waals surface area contributed by atoms with Crippen molar-refractivity contribution in [2.75, 3.05) is 25.2 Å². The molecule has 2 atom stereocenters. The van der Waals surface area contributed by atoms with Gasteiger partial charge in [-0.25, -0.2) is 0 Å². The number of nitrogens with one attached hydrogen (secondary N) is 1. The third kappa shape index (κ3) is 4.22. The molecule has 94 valence electrons. The van der Waals surface area contributed by atoms with E-state index in [4.69, 9.17) is 0 Å². The first-order valence-corrected chi connectivity index (χ1v) is 7.55. The van der Waals surface area contributed by atoms with Crippen molar-refractivity contribution in [1.82, 2.24) is 10.2 Å². The second-order valence-electron chi connectivity index (χ2n) is 4.78. The highest BCUT2D eigenvalue weighted by Crippen LogP contribution is 2.12. The van der Waals surface area contributed by atoms with Crippen LogP contribution in [0.3, 0.4) is 0 Å². The average Bonchev–Trinajstić information content (AvgIpc) is 2.48. The molecule has 0 spiro atoms. The van der Waals surface area contributed by atoms with E-state index < -0.39 is 10.8 Å². The zero-order valence-electron chi connectivity index (χ0n) is 10.4. The Bertz CT molecular complexity index is 269. The number of carbonyl (C=O) groups excluding carboxylic acids is 1. The number of hydrogen-bond acceptors (Lipinski definition) is 3. The monoisotopic (exact) mass is 246 g/mol. The number of rotatable bonds is 6. The molecule has 1 N–H and O–H groups in total. The summed E-state index contributed by atoms with van der Waals surface area (Å²) in [5.74, 6) is 1.42. The third-order valence-electron chi connectivity index (χ3n) is 2.71. The van der Waals surface area contributed by atoms with E-state index in [9.17, 15) is 9.00 Å². The zero-order valence-corrected chi connectivity index (χ0v) is 11.2. The summed E-state index contributed by atoms with van der Waals surface area (Å²) < 4.78 is 10.9. The molecule has 1 aliphatic rings. The molecule has 5 heteroatoms. The summed E-state index contributed by atoms with van der Waals surface area (Å²) in [6.07, 6.45) is 3.42. The van der Waals surface area contributed by atoms with Crippen LogP contribution in [0, 0.1) is 5.92 Å². The Morgan fingerprint density at radius 1 is 1.56 bits per heavy atom. The molecule has 1 heterocycles. The fraction of sp³-hybridized carbons (Fsp3) is 0.909. The van der Waals surface area contributed by atoms with Crippen molar-refractivity contribution < 1.29 is 9.00 Å². The molecule has 0 radical (unpaired) electrons. The summed E-state index contributed by atoms with van der Waals surface area (Å²) in [7, 11) is -0.753. The minimum absolute atomic E-state index is 0.00729. The maximum atomic E-state index is 11.9. The Morgan fingerprint density at radius 2 is 2.25 bits per heavy atom. The lowest BCUT2D eigenvalue weighted by Crippen LogP contribution is -2.32. The largest absolute Gasteiger partial charge is 0.329 e. The maximum Gasteiger partial charge on any atom is 0.240 e. The lowest BCUT2D eigenvalue weighted by atomic mass is 10.0. The van der Waals surface area contributed by atoms with Crippen LogP contribution in [0.4, 0.5) is 0 Å². The van der Waals surface area contributed by atoms with Gasteiger partial charge in [0.2, 0.25) is 5.91 Å². The minimum Gasteiger partial charge on any atom is -0.329 e. The fourth-order valence-corrected chi connectivity index (χ4v) is 2.45. The smallest absolute Gasteiger partial charge is 0.240 e. The van der Waals surface area contributed by atoms with Crippen molar-refractivity contribution in [3.63, 3.8) is 0 Å². The molecular weight excluding hydrogens is 224 g/mol. The van der Waals surface area contributed by atoms with E-state index >= 15 is 0 Å². The standard InChI is InChI=1S/C11H22N2O2S/c1-9(2)7-10-11(14)13(8-12-10)5-4-6-16(3)15/h9-10,12H,4-8H2,1-3H3. The molecule has 0 aromatic carbocycles. The summed E-state index contributed by atoms with van der Waals surface area (Å²) in [6.45, 7) is 5.61. The molecule has 2 unspecified atom stereocenters. The van der Waals surface area contributed by atoms with Crippen LogP contribution in [-0.4, -0.2) is 46.3 Å². The van der Waals surface area contributed by atoms with Crippen molar-refractivity contribution in [3.05, 3.63) is 0 Å². The number of nitrogens with zero attached hydrogens (tertiary/aromatic N) is 1. The summed E-state index contributed by atoms with van der Waals surface area (Å²) in [5, 5.41) is 3.23. The Balaban J connectivity index is 2.30. The van der Waals surface area contributed by atoms with Gasteiger partial charge in [-0.3, -0.25) is 14.3 Å². The third-order valence-corrected chi connectivity index (χ3v) is 3.57. The van der Waals surface area contributed by atoms with Crippen molar-refractivity contribution in [1.29, 1.82) is 0 Å². The lowest BCUT2D eigenvalue weighted by molar-refractivity contribution is -0.129. The second-order valence-corrected chi connectivity index (χ2v) is 6.33. The van der Waals surface area contributed by atoms with Crippen LogP contribution < -0.4 is 5.32 Å². The lowest BCUT2D eigenvalue weighted by Gasteiger charge is -2.15. The molecule has 1 fully saturated rings. The van der Waals surface area contributed by atoms with E-state index in [1.54, 1.807) is 6.26 Å². The molecular formula is C11H22N2O2S. The first kappa shape index (κ1) is 13.6. The number of amides is 1. The predicted molar refractivity (Wildman–Crippen MR) is 66.5 cm³/mol. The van der Waals surface area contributed by atoms with Gasteiger partial charge in [0, 0.05) is 29.4 Å². The molecule has 0 aliphatic carbocycles. The van der Waals surface area contributed by atoms with E-state index in [2.05, 4.69) is 19.2 Å². The highest BCUT2D eigenvalue weighted by Gasteiger charge is 2.30. The van der Waals surface area contributed by atoms with Gasteiger partial charge in [0.25, 0.3) is 0 Å². The summed E-state index contributed by atoms with van der Waals surface area (Å²) in [4.78, 5) is 13.7. The van der Waals surface area contributed by atoms with Crippen molar-refractivity contribution in [2.24, 2.45) is 5.92 Å². The van der Waals surface area contributed by atoms with Crippen LogP contribution in [0.25, 0.3) is 0 Å². The van der Waals surface area contributed by atoms with Crippen molar-refractivity contribution >= 4 is 16.7 Å². The van der Waals surface area contributed by atoms with Gasteiger partial charge in [-0.15, -0.1) is 0 Å². The van der Waals surface area contributed by atoms with Crippen molar-refractivity contribution in [3.8, 4) is 0 Å². The van der Waals surface area contributed by atoms with Gasteiger partial charge in [-0.1, -0.05) is 13.8 Å². The van der Waals surface area contributed by atoms with E-state index in [-0.39, 0.29) is 11.9 Å². The molecule has 4 nitrogen and oxygen atoms in total. The fourth-order valence-electron chi connectivity index (χ4n) is 1.91. The van der Waals surface area contributed by atoms with E-state index in [1.807, 2.05) is 4.90 Å². The van der Waals surface area contributed by atoms with Crippen LogP contribution in [0.15, 0.2) is 0 Å². The van der Waals surface area contributed by atoms with Gasteiger partial charge < -0.3 is 4.90 Å². The molecule has 16 heavy (non-hydrogen) atoms. The Hall–Kier alpha value is -0.420. The first-order valence-electron chi connectivity index (χ1n) is 5.83. The van der Waals surface area contributed by atoms with E-state index in [1.165, 1.54) is 0 Å². The van der Waals surface area contributed by atoms with Gasteiger partial charge in [0.1, 0.15) is 0 Å². The van der Waals surface area contributed by atoms with Gasteiger partial charge >= 0.3 is 0 Å². The highest BCUT2D eigenvalue weighted by molar-refractivity contribution is 7.84. The van der Waals surface area contributed by atoms with Crippen LogP contribution in [0.1, 0.15) is 26.7 Å². The average molecular weight is 246 g/mol. The molecule has 0 aromatic rings. The molecule has 1 aliphatic heterocycles. The zero-order chi connectivity index (χ0) is 12.1. The predicted octanol–water partition coefficient (Wildman–Crippen LogP) is 0.559. The summed E-state index contributed by atoms with van der Waals surface area (Å²) in [5.41, 5.74) is 0. The topological polar surface area (TPSA) is 49.4 Å². The highest BCUT2D eigenvalue weighted by atomic mass is 32.2. The SMILES string of the molecule is CC(C)CC1NCN(CCCS(C)=O)C1=O. The second kappa shape index (κ2) is 6.35. The molecule has 1 saturated heterocycles. The normalized spacial score (nSPS) is 23.1. The number of hydrogen-bond donors (Lipinski definition) is 1. The first-order chi connectivity index (χ1) is 7.50. The Morgan fingerprint density at radius 3 is 2.81 bits per heavy atom. The van der Waals surface area contributed by atoms with Gasteiger partial charge in [0.05, 0.1) is 12.7 Å². The van der Waals surface area contributed by atoms with E-state index in [0.29, 0.717) is 18.3 Å². The van der Waals surface area contributed by atoms with Crippen LogP contribution in [0.2, 0.25) is 0 Å².